The highest BCUT2D eigenvalue weighted by Gasteiger charge is 2.31. The molecule has 1 amide bonds. The van der Waals surface area contributed by atoms with Gasteiger partial charge in [0, 0.05) is 25.6 Å². The number of rotatable bonds is 9. The van der Waals surface area contributed by atoms with Crippen LogP contribution >= 0.6 is 0 Å². The van der Waals surface area contributed by atoms with Crippen LogP contribution in [0.2, 0.25) is 0 Å². The fourth-order valence-corrected chi connectivity index (χ4v) is 5.42. The van der Waals surface area contributed by atoms with Crippen molar-refractivity contribution in [3.05, 3.63) is 65.2 Å². The number of carbonyl (C=O) groups is 1. The number of hydrogen-bond donors (Lipinski definition) is 1. The minimum absolute atomic E-state index is 0.00835. The maximum absolute atomic E-state index is 12.7. The normalized spacial score (nSPS) is 15.5. The third-order valence-electron chi connectivity index (χ3n) is 5.76. The van der Waals surface area contributed by atoms with E-state index >= 15 is 0 Å². The molecule has 1 saturated heterocycles. The Morgan fingerprint density at radius 3 is 2.48 bits per heavy atom. The van der Waals surface area contributed by atoms with E-state index < -0.39 is 10.0 Å². The number of benzene rings is 2. The standard InChI is InChI=1S/C24H32N2O4S/c1-19-8-10-21(11-9-19)18-31(28,29)26-15-12-22(13-16-26)24(27)25-14-4-6-20-5-3-7-23(17-20)30-2/h3,5,7-11,17,22H,4,6,12-16,18H2,1-2H3,(H,25,27). The van der Waals surface area contributed by atoms with Crippen LogP contribution in [0, 0.1) is 12.8 Å². The Morgan fingerprint density at radius 1 is 1.10 bits per heavy atom. The molecule has 168 valence electrons. The molecule has 1 heterocycles. The van der Waals surface area contributed by atoms with Crippen molar-refractivity contribution in [2.24, 2.45) is 5.92 Å². The van der Waals surface area contributed by atoms with Crippen molar-refractivity contribution in [2.45, 2.75) is 38.4 Å². The number of sulfonamides is 1. The van der Waals surface area contributed by atoms with Gasteiger partial charge in [0.15, 0.2) is 0 Å². The lowest BCUT2D eigenvalue weighted by atomic mass is 9.97. The summed E-state index contributed by atoms with van der Waals surface area (Å²) in [5, 5.41) is 3.01. The fraction of sp³-hybridized carbons (Fsp3) is 0.458. The smallest absolute Gasteiger partial charge is 0.223 e. The minimum Gasteiger partial charge on any atom is -0.497 e. The van der Waals surface area contributed by atoms with E-state index in [1.165, 1.54) is 9.87 Å². The van der Waals surface area contributed by atoms with Crippen molar-refractivity contribution in [2.75, 3.05) is 26.7 Å². The molecule has 3 rings (SSSR count). The molecule has 1 N–H and O–H groups in total. The van der Waals surface area contributed by atoms with Crippen LogP contribution in [0.3, 0.4) is 0 Å². The predicted molar refractivity (Wildman–Crippen MR) is 122 cm³/mol. The van der Waals surface area contributed by atoms with Crippen LogP contribution in [0.25, 0.3) is 0 Å². The Bertz CT molecular complexity index is 965. The highest BCUT2D eigenvalue weighted by atomic mass is 32.2. The summed E-state index contributed by atoms with van der Waals surface area (Å²) < 4.78 is 32.2. The molecule has 0 saturated carbocycles. The monoisotopic (exact) mass is 444 g/mol. The molecule has 0 radical (unpaired) electrons. The Morgan fingerprint density at radius 2 is 1.81 bits per heavy atom. The molecule has 0 spiro atoms. The van der Waals surface area contributed by atoms with E-state index in [0.717, 1.165) is 29.7 Å². The molecule has 2 aromatic rings. The molecule has 0 atom stereocenters. The number of ether oxygens (including phenoxy) is 1. The van der Waals surface area contributed by atoms with Gasteiger partial charge in [-0.25, -0.2) is 12.7 Å². The van der Waals surface area contributed by atoms with Crippen LogP contribution in [0.5, 0.6) is 5.75 Å². The van der Waals surface area contributed by atoms with Crippen molar-refractivity contribution < 1.29 is 17.9 Å². The zero-order chi connectivity index (χ0) is 22.3. The lowest BCUT2D eigenvalue weighted by molar-refractivity contribution is -0.126. The van der Waals surface area contributed by atoms with Gasteiger partial charge in [-0.05, 0) is 55.9 Å². The van der Waals surface area contributed by atoms with Gasteiger partial charge in [-0.3, -0.25) is 4.79 Å². The van der Waals surface area contributed by atoms with E-state index in [1.807, 2.05) is 49.4 Å². The highest BCUT2D eigenvalue weighted by molar-refractivity contribution is 7.88. The van der Waals surface area contributed by atoms with Crippen LogP contribution in [0.1, 0.15) is 36.0 Å². The van der Waals surface area contributed by atoms with E-state index in [2.05, 4.69) is 11.4 Å². The summed E-state index contributed by atoms with van der Waals surface area (Å²) in [6, 6.07) is 15.5. The summed E-state index contributed by atoms with van der Waals surface area (Å²) in [4.78, 5) is 12.5. The Balaban J connectivity index is 1.40. The van der Waals surface area contributed by atoms with Gasteiger partial charge in [0.2, 0.25) is 15.9 Å². The molecule has 0 bridgehead atoms. The first-order valence-electron chi connectivity index (χ1n) is 10.8. The van der Waals surface area contributed by atoms with Gasteiger partial charge in [0.05, 0.1) is 12.9 Å². The molecule has 0 aromatic heterocycles. The molecule has 1 fully saturated rings. The van der Waals surface area contributed by atoms with E-state index in [-0.39, 0.29) is 17.6 Å². The fourth-order valence-electron chi connectivity index (χ4n) is 3.86. The third-order valence-corrected chi connectivity index (χ3v) is 7.61. The molecule has 7 heteroatoms. The van der Waals surface area contributed by atoms with Crippen LogP contribution in [-0.4, -0.2) is 45.4 Å². The molecular weight excluding hydrogens is 412 g/mol. The second kappa shape index (κ2) is 10.8. The second-order valence-corrected chi connectivity index (χ2v) is 10.1. The van der Waals surface area contributed by atoms with E-state index in [1.54, 1.807) is 7.11 Å². The molecule has 31 heavy (non-hydrogen) atoms. The largest absolute Gasteiger partial charge is 0.497 e. The highest BCUT2D eigenvalue weighted by Crippen LogP contribution is 2.22. The van der Waals surface area contributed by atoms with E-state index in [0.29, 0.717) is 32.5 Å². The van der Waals surface area contributed by atoms with Gasteiger partial charge in [0.1, 0.15) is 5.75 Å². The quantitative estimate of drug-likeness (QED) is 0.602. The number of nitrogens with zero attached hydrogens (tertiary/aromatic N) is 1. The van der Waals surface area contributed by atoms with Crippen LogP contribution in [0.4, 0.5) is 0 Å². The molecule has 1 aliphatic heterocycles. The Labute approximate surface area is 185 Å². The zero-order valence-corrected chi connectivity index (χ0v) is 19.2. The molecule has 0 unspecified atom stereocenters. The Kier molecular flexibility index (Phi) is 8.09. The van der Waals surface area contributed by atoms with Crippen molar-refractivity contribution in [1.82, 2.24) is 9.62 Å². The van der Waals surface area contributed by atoms with Gasteiger partial charge in [-0.15, -0.1) is 0 Å². The predicted octanol–water partition coefficient (Wildman–Crippen LogP) is 3.29. The van der Waals surface area contributed by atoms with Gasteiger partial charge < -0.3 is 10.1 Å². The number of carbonyl (C=O) groups excluding carboxylic acids is 1. The van der Waals surface area contributed by atoms with Gasteiger partial charge in [0.25, 0.3) is 0 Å². The zero-order valence-electron chi connectivity index (χ0n) is 18.3. The number of hydrogen-bond acceptors (Lipinski definition) is 4. The van der Waals surface area contributed by atoms with Gasteiger partial charge in [-0.1, -0.05) is 42.0 Å². The number of aryl methyl sites for hydroxylation is 2. The first-order chi connectivity index (χ1) is 14.9. The third kappa shape index (κ3) is 6.80. The van der Waals surface area contributed by atoms with Crippen molar-refractivity contribution in [1.29, 1.82) is 0 Å². The molecular formula is C24H32N2O4S. The van der Waals surface area contributed by atoms with Crippen molar-refractivity contribution >= 4 is 15.9 Å². The second-order valence-electron chi connectivity index (χ2n) is 8.16. The molecule has 6 nitrogen and oxygen atoms in total. The summed E-state index contributed by atoms with van der Waals surface area (Å²) in [5.74, 6) is 0.753. The van der Waals surface area contributed by atoms with Crippen LogP contribution in [-0.2, 0) is 27.0 Å². The van der Waals surface area contributed by atoms with E-state index in [9.17, 15) is 13.2 Å². The number of piperidine rings is 1. The molecule has 1 aliphatic rings. The number of amides is 1. The molecule has 2 aromatic carbocycles. The summed E-state index contributed by atoms with van der Waals surface area (Å²) in [7, 11) is -1.71. The molecule has 0 aliphatic carbocycles. The average Bonchev–Trinajstić information content (AvgIpc) is 2.78. The average molecular weight is 445 g/mol. The first-order valence-corrected chi connectivity index (χ1v) is 12.4. The number of methoxy groups -OCH3 is 1. The maximum Gasteiger partial charge on any atom is 0.223 e. The lowest BCUT2D eigenvalue weighted by Crippen LogP contribution is -2.43. The topological polar surface area (TPSA) is 75.7 Å². The lowest BCUT2D eigenvalue weighted by Gasteiger charge is -2.30. The van der Waals surface area contributed by atoms with Crippen LogP contribution in [0.15, 0.2) is 48.5 Å². The van der Waals surface area contributed by atoms with Gasteiger partial charge in [-0.2, -0.15) is 0 Å². The first kappa shape index (κ1) is 23.3. The Hall–Kier alpha value is -2.38. The number of nitrogens with one attached hydrogen (secondary N) is 1. The van der Waals surface area contributed by atoms with E-state index in [4.69, 9.17) is 4.74 Å². The van der Waals surface area contributed by atoms with Crippen molar-refractivity contribution in [3.63, 3.8) is 0 Å². The SMILES string of the molecule is COc1cccc(CCCNC(=O)C2CCN(S(=O)(=O)Cc3ccc(C)cc3)CC2)c1. The van der Waals surface area contributed by atoms with Crippen LogP contribution < -0.4 is 10.1 Å². The summed E-state index contributed by atoms with van der Waals surface area (Å²) >= 11 is 0. The maximum atomic E-state index is 12.7. The van der Waals surface area contributed by atoms with Gasteiger partial charge >= 0.3 is 0 Å². The summed E-state index contributed by atoms with van der Waals surface area (Å²) in [6.45, 7) is 3.39. The summed E-state index contributed by atoms with van der Waals surface area (Å²) in [5.41, 5.74) is 3.08. The minimum atomic E-state index is -3.36. The van der Waals surface area contributed by atoms with Crippen molar-refractivity contribution in [3.8, 4) is 5.75 Å². The summed E-state index contributed by atoms with van der Waals surface area (Å²) in [6.07, 6.45) is 2.85.